The molecule has 2 N–H and O–H groups in total. The highest BCUT2D eigenvalue weighted by Gasteiger charge is 2.14. The molecule has 0 spiro atoms. The highest BCUT2D eigenvalue weighted by molar-refractivity contribution is 5.35. The molecule has 1 aromatic rings. The summed E-state index contributed by atoms with van der Waals surface area (Å²) >= 11 is 0. The van der Waals surface area contributed by atoms with E-state index in [9.17, 15) is 0 Å². The molecule has 14 heavy (non-hydrogen) atoms. The van der Waals surface area contributed by atoms with Crippen LogP contribution >= 0.6 is 0 Å². The first kappa shape index (κ1) is 11.3. The van der Waals surface area contributed by atoms with Gasteiger partial charge in [-0.2, -0.15) is 0 Å². The van der Waals surface area contributed by atoms with E-state index < -0.39 is 0 Å². The molecule has 1 rings (SSSR count). The van der Waals surface area contributed by atoms with E-state index in [1.54, 1.807) is 0 Å². The van der Waals surface area contributed by atoms with Gasteiger partial charge >= 0.3 is 0 Å². The molecule has 1 heteroatoms. The molecule has 0 heterocycles. The first-order chi connectivity index (χ1) is 6.32. The standard InChI is InChI=1S/C13H21N/c1-9-8-11(13(3,4)5)6-7-12(9)10(2)14/h6-8,10H,14H2,1-5H3/t10-/m0/s1. The average Bonchev–Trinajstić information content (AvgIpc) is 2.01. The summed E-state index contributed by atoms with van der Waals surface area (Å²) in [6.07, 6.45) is 0. The summed E-state index contributed by atoms with van der Waals surface area (Å²) in [7, 11) is 0. The molecular weight excluding hydrogens is 170 g/mol. The molecule has 0 aliphatic carbocycles. The van der Waals surface area contributed by atoms with E-state index in [1.807, 2.05) is 6.92 Å². The predicted molar refractivity (Wildman–Crippen MR) is 62.5 cm³/mol. The van der Waals surface area contributed by atoms with Gasteiger partial charge in [0.2, 0.25) is 0 Å². The van der Waals surface area contributed by atoms with Gasteiger partial charge in [-0.05, 0) is 36.0 Å². The van der Waals surface area contributed by atoms with Gasteiger partial charge in [0.05, 0.1) is 0 Å². The normalized spacial score (nSPS) is 14.1. The summed E-state index contributed by atoms with van der Waals surface area (Å²) in [5.74, 6) is 0. The first-order valence-corrected chi connectivity index (χ1v) is 5.19. The molecule has 0 fully saturated rings. The molecule has 0 amide bonds. The van der Waals surface area contributed by atoms with E-state index in [1.165, 1.54) is 16.7 Å². The lowest BCUT2D eigenvalue weighted by molar-refractivity contribution is 0.589. The van der Waals surface area contributed by atoms with Gasteiger partial charge in [-0.3, -0.25) is 0 Å². The van der Waals surface area contributed by atoms with Crippen LogP contribution in [0, 0.1) is 6.92 Å². The van der Waals surface area contributed by atoms with E-state index in [-0.39, 0.29) is 11.5 Å². The van der Waals surface area contributed by atoms with Crippen LogP contribution < -0.4 is 5.73 Å². The van der Waals surface area contributed by atoms with E-state index in [0.717, 1.165) is 0 Å². The van der Waals surface area contributed by atoms with E-state index >= 15 is 0 Å². The van der Waals surface area contributed by atoms with Crippen molar-refractivity contribution in [2.24, 2.45) is 5.73 Å². The van der Waals surface area contributed by atoms with E-state index in [0.29, 0.717) is 0 Å². The molecule has 0 saturated heterocycles. The number of aryl methyl sites for hydroxylation is 1. The maximum atomic E-state index is 5.87. The van der Waals surface area contributed by atoms with E-state index in [4.69, 9.17) is 5.73 Å². The van der Waals surface area contributed by atoms with Crippen LogP contribution in [-0.2, 0) is 5.41 Å². The third kappa shape index (κ3) is 2.36. The lowest BCUT2D eigenvalue weighted by Gasteiger charge is -2.21. The molecule has 0 aliphatic rings. The van der Waals surface area contributed by atoms with Gasteiger partial charge in [0, 0.05) is 6.04 Å². The zero-order valence-corrected chi connectivity index (χ0v) is 9.89. The van der Waals surface area contributed by atoms with Crippen molar-refractivity contribution in [2.45, 2.75) is 46.1 Å². The van der Waals surface area contributed by atoms with Gasteiger partial charge in [-0.15, -0.1) is 0 Å². The predicted octanol–water partition coefficient (Wildman–Crippen LogP) is 3.31. The second kappa shape index (κ2) is 3.74. The second-order valence-corrected chi connectivity index (χ2v) is 5.11. The highest BCUT2D eigenvalue weighted by Crippen LogP contribution is 2.25. The number of nitrogens with two attached hydrogens (primary N) is 1. The van der Waals surface area contributed by atoms with Gasteiger partial charge in [-0.1, -0.05) is 39.0 Å². The molecule has 1 nitrogen and oxygen atoms in total. The quantitative estimate of drug-likeness (QED) is 0.724. The second-order valence-electron chi connectivity index (χ2n) is 5.11. The Bertz CT molecular complexity index is 318. The Morgan fingerprint density at radius 3 is 2.14 bits per heavy atom. The van der Waals surface area contributed by atoms with Crippen molar-refractivity contribution in [3.63, 3.8) is 0 Å². The van der Waals surface area contributed by atoms with Crippen LogP contribution in [0.1, 0.15) is 50.4 Å². The monoisotopic (exact) mass is 191 g/mol. The number of rotatable bonds is 1. The minimum absolute atomic E-state index is 0.129. The largest absolute Gasteiger partial charge is 0.324 e. The molecular formula is C13H21N. The number of hydrogen-bond donors (Lipinski definition) is 1. The summed E-state index contributed by atoms with van der Waals surface area (Å²) in [6, 6.07) is 6.72. The zero-order valence-electron chi connectivity index (χ0n) is 9.89. The van der Waals surface area contributed by atoms with Crippen LogP contribution in [-0.4, -0.2) is 0 Å². The van der Waals surface area contributed by atoms with Gasteiger partial charge in [-0.25, -0.2) is 0 Å². The summed E-state index contributed by atoms with van der Waals surface area (Å²) in [5, 5.41) is 0. The molecule has 0 saturated carbocycles. The summed E-state index contributed by atoms with van der Waals surface area (Å²) in [4.78, 5) is 0. The maximum Gasteiger partial charge on any atom is 0.0268 e. The fraction of sp³-hybridized carbons (Fsp3) is 0.538. The van der Waals surface area contributed by atoms with E-state index in [2.05, 4.69) is 45.9 Å². The van der Waals surface area contributed by atoms with Crippen molar-refractivity contribution in [3.05, 3.63) is 34.9 Å². The molecule has 0 aromatic heterocycles. The Morgan fingerprint density at radius 2 is 1.79 bits per heavy atom. The Balaban J connectivity index is 3.13. The smallest absolute Gasteiger partial charge is 0.0268 e. The van der Waals surface area contributed by atoms with Gasteiger partial charge in [0.25, 0.3) is 0 Å². The van der Waals surface area contributed by atoms with Crippen molar-refractivity contribution in [1.29, 1.82) is 0 Å². The summed E-state index contributed by atoms with van der Waals surface area (Å²) in [5.41, 5.74) is 10.0. The topological polar surface area (TPSA) is 26.0 Å². The zero-order chi connectivity index (χ0) is 10.9. The Kier molecular flexibility index (Phi) is 3.01. The molecule has 0 bridgehead atoms. The van der Waals surface area contributed by atoms with Crippen molar-refractivity contribution in [2.75, 3.05) is 0 Å². The molecule has 0 radical (unpaired) electrons. The first-order valence-electron chi connectivity index (χ1n) is 5.19. The number of benzene rings is 1. The van der Waals surface area contributed by atoms with Crippen LogP contribution in [0.4, 0.5) is 0 Å². The third-order valence-corrected chi connectivity index (χ3v) is 2.63. The SMILES string of the molecule is Cc1cc(C(C)(C)C)ccc1[C@H](C)N. The summed E-state index contributed by atoms with van der Waals surface area (Å²) < 4.78 is 0. The lowest BCUT2D eigenvalue weighted by Crippen LogP contribution is -2.13. The minimum Gasteiger partial charge on any atom is -0.324 e. The fourth-order valence-corrected chi connectivity index (χ4v) is 1.65. The Hall–Kier alpha value is -0.820. The van der Waals surface area contributed by atoms with Gasteiger partial charge in [0.15, 0.2) is 0 Å². The Labute approximate surface area is 87.3 Å². The van der Waals surface area contributed by atoms with Crippen LogP contribution in [0.25, 0.3) is 0 Å². The van der Waals surface area contributed by atoms with Crippen molar-refractivity contribution in [3.8, 4) is 0 Å². The molecule has 0 unspecified atom stereocenters. The lowest BCUT2D eigenvalue weighted by atomic mass is 9.85. The maximum absolute atomic E-state index is 5.87. The average molecular weight is 191 g/mol. The van der Waals surface area contributed by atoms with Crippen LogP contribution in [0.5, 0.6) is 0 Å². The third-order valence-electron chi connectivity index (χ3n) is 2.63. The van der Waals surface area contributed by atoms with Crippen LogP contribution in [0.3, 0.4) is 0 Å². The molecule has 0 aliphatic heterocycles. The van der Waals surface area contributed by atoms with Crippen molar-refractivity contribution < 1.29 is 0 Å². The summed E-state index contributed by atoms with van der Waals surface area (Å²) in [6.45, 7) is 10.8. The fourth-order valence-electron chi connectivity index (χ4n) is 1.65. The van der Waals surface area contributed by atoms with Crippen LogP contribution in [0.2, 0.25) is 0 Å². The van der Waals surface area contributed by atoms with Crippen molar-refractivity contribution >= 4 is 0 Å². The molecule has 1 atom stereocenters. The van der Waals surface area contributed by atoms with Crippen molar-refractivity contribution in [1.82, 2.24) is 0 Å². The Morgan fingerprint density at radius 1 is 1.21 bits per heavy atom. The number of hydrogen-bond acceptors (Lipinski definition) is 1. The minimum atomic E-state index is 0.129. The van der Waals surface area contributed by atoms with Gasteiger partial charge < -0.3 is 5.73 Å². The van der Waals surface area contributed by atoms with Crippen LogP contribution in [0.15, 0.2) is 18.2 Å². The molecule has 78 valence electrons. The molecule has 1 aromatic carbocycles. The highest BCUT2D eigenvalue weighted by atomic mass is 14.6. The van der Waals surface area contributed by atoms with Gasteiger partial charge in [0.1, 0.15) is 0 Å².